The Kier molecular flexibility index (Phi) is 2.39. The number of carboxylic acids is 1. The normalized spacial score (nSPS) is 9.07. The van der Waals surface area contributed by atoms with Crippen LogP contribution in [0.3, 0.4) is 0 Å². The van der Waals surface area contributed by atoms with Crippen molar-refractivity contribution in [1.82, 2.24) is 4.98 Å². The second kappa shape index (κ2) is 3.49. The van der Waals surface area contributed by atoms with E-state index < -0.39 is 22.3 Å². The molecule has 7 nitrogen and oxygen atoms in total. The van der Waals surface area contributed by atoms with Crippen LogP contribution >= 0.6 is 0 Å². The predicted octanol–water partition coefficient (Wildman–Crippen LogP) is 0.560. The fourth-order valence-corrected chi connectivity index (χ4v) is 0.788. The minimum Gasteiger partial charge on any atom is -0.477 e. The molecule has 1 aromatic rings. The quantitative estimate of drug-likeness (QED) is 0.541. The Bertz CT molecular complexity index is 416. The van der Waals surface area contributed by atoms with Gasteiger partial charge >= 0.3 is 5.97 Å². The van der Waals surface area contributed by atoms with Crippen LogP contribution < -0.4 is 0 Å². The van der Waals surface area contributed by atoms with E-state index in [1.165, 1.54) is 6.07 Å². The van der Waals surface area contributed by atoms with Gasteiger partial charge in [0.1, 0.15) is 11.8 Å². The summed E-state index contributed by atoms with van der Waals surface area (Å²) in [5.74, 6) is -1.41. The molecule has 0 radical (unpaired) electrons. The lowest BCUT2D eigenvalue weighted by molar-refractivity contribution is -0.385. The fraction of sp³-hybridized carbons (Fsp3) is 0. The minimum atomic E-state index is -1.41. The SMILES string of the molecule is N#Cc1cc([N+](=O)[O-])cc(C(=O)O)n1. The lowest BCUT2D eigenvalue weighted by Gasteiger charge is -1.95. The van der Waals surface area contributed by atoms with Crippen molar-refractivity contribution in [3.8, 4) is 6.07 Å². The lowest BCUT2D eigenvalue weighted by Crippen LogP contribution is -2.03. The number of hydrogen-bond donors (Lipinski definition) is 1. The molecule has 0 aliphatic heterocycles. The van der Waals surface area contributed by atoms with Crippen molar-refractivity contribution in [2.24, 2.45) is 0 Å². The number of nitrogens with zero attached hydrogens (tertiary/aromatic N) is 3. The van der Waals surface area contributed by atoms with E-state index in [1.54, 1.807) is 0 Å². The highest BCUT2D eigenvalue weighted by Crippen LogP contribution is 2.13. The van der Waals surface area contributed by atoms with Gasteiger partial charge in [-0.1, -0.05) is 0 Å². The maximum absolute atomic E-state index is 10.4. The van der Waals surface area contributed by atoms with Crippen molar-refractivity contribution >= 4 is 11.7 Å². The van der Waals surface area contributed by atoms with Gasteiger partial charge in [0.2, 0.25) is 0 Å². The Labute approximate surface area is 77.4 Å². The number of aromatic carboxylic acids is 1. The number of nitro groups is 1. The third kappa shape index (κ3) is 1.81. The summed E-state index contributed by atoms with van der Waals surface area (Å²) >= 11 is 0. The molecule has 7 heteroatoms. The molecule has 0 aromatic carbocycles. The number of pyridine rings is 1. The highest BCUT2D eigenvalue weighted by atomic mass is 16.6. The second-order valence-corrected chi connectivity index (χ2v) is 2.27. The first-order valence-corrected chi connectivity index (χ1v) is 3.34. The molecule has 0 amide bonds. The zero-order valence-electron chi connectivity index (χ0n) is 6.67. The van der Waals surface area contributed by atoms with Crippen LogP contribution in [-0.2, 0) is 0 Å². The Hall–Kier alpha value is -2.49. The van der Waals surface area contributed by atoms with Crippen molar-refractivity contribution in [3.05, 3.63) is 33.6 Å². The molecule has 0 aliphatic rings. The molecular weight excluding hydrogens is 190 g/mol. The van der Waals surface area contributed by atoms with Crippen molar-refractivity contribution < 1.29 is 14.8 Å². The number of rotatable bonds is 2. The van der Waals surface area contributed by atoms with Crippen LogP contribution in [0.2, 0.25) is 0 Å². The average molecular weight is 193 g/mol. The van der Waals surface area contributed by atoms with Crippen LogP contribution in [0.4, 0.5) is 5.69 Å². The van der Waals surface area contributed by atoms with E-state index in [0.29, 0.717) is 0 Å². The first-order chi connectivity index (χ1) is 6.54. The van der Waals surface area contributed by atoms with Crippen LogP contribution in [0.5, 0.6) is 0 Å². The first-order valence-electron chi connectivity index (χ1n) is 3.34. The van der Waals surface area contributed by atoms with Gasteiger partial charge in [-0.05, 0) is 0 Å². The molecule has 0 unspecified atom stereocenters. The molecule has 0 aliphatic carbocycles. The van der Waals surface area contributed by atoms with Gasteiger partial charge in [-0.15, -0.1) is 0 Å². The third-order valence-corrected chi connectivity index (χ3v) is 1.35. The molecule has 0 atom stereocenters. The van der Waals surface area contributed by atoms with Crippen molar-refractivity contribution in [2.45, 2.75) is 0 Å². The Morgan fingerprint density at radius 2 is 2.29 bits per heavy atom. The van der Waals surface area contributed by atoms with Gasteiger partial charge in [0.05, 0.1) is 11.0 Å². The smallest absolute Gasteiger partial charge is 0.354 e. The van der Waals surface area contributed by atoms with Crippen LogP contribution in [0.1, 0.15) is 16.2 Å². The summed E-state index contributed by atoms with van der Waals surface area (Å²) in [6.45, 7) is 0. The summed E-state index contributed by atoms with van der Waals surface area (Å²) < 4.78 is 0. The number of carbonyl (C=O) groups is 1. The summed E-state index contributed by atoms with van der Waals surface area (Å²) in [6.07, 6.45) is 0. The molecule has 1 N–H and O–H groups in total. The topological polar surface area (TPSA) is 117 Å². The molecule has 70 valence electrons. The van der Waals surface area contributed by atoms with Crippen molar-refractivity contribution in [2.75, 3.05) is 0 Å². The molecule has 0 spiro atoms. The molecule has 1 aromatic heterocycles. The van der Waals surface area contributed by atoms with Gasteiger partial charge in [-0.3, -0.25) is 10.1 Å². The molecule has 1 heterocycles. The molecule has 1 rings (SSSR count). The summed E-state index contributed by atoms with van der Waals surface area (Å²) in [4.78, 5) is 23.4. The molecule has 0 saturated heterocycles. The van der Waals surface area contributed by atoms with E-state index in [0.717, 1.165) is 12.1 Å². The maximum Gasteiger partial charge on any atom is 0.354 e. The van der Waals surface area contributed by atoms with E-state index in [2.05, 4.69) is 4.98 Å². The van der Waals surface area contributed by atoms with E-state index in [4.69, 9.17) is 10.4 Å². The second-order valence-electron chi connectivity index (χ2n) is 2.27. The minimum absolute atomic E-state index is 0.295. The van der Waals surface area contributed by atoms with Crippen molar-refractivity contribution in [1.29, 1.82) is 5.26 Å². The number of nitriles is 1. The van der Waals surface area contributed by atoms with E-state index in [-0.39, 0.29) is 5.69 Å². The van der Waals surface area contributed by atoms with Crippen LogP contribution in [0, 0.1) is 21.4 Å². The van der Waals surface area contributed by atoms with Crippen LogP contribution in [-0.4, -0.2) is 21.0 Å². The average Bonchev–Trinajstić information content (AvgIpc) is 2.16. The van der Waals surface area contributed by atoms with E-state index >= 15 is 0 Å². The summed E-state index contributed by atoms with van der Waals surface area (Å²) in [5.41, 5.74) is -1.28. The number of hydrogen-bond acceptors (Lipinski definition) is 5. The monoisotopic (exact) mass is 193 g/mol. The summed E-state index contributed by atoms with van der Waals surface area (Å²) in [7, 11) is 0. The first kappa shape index (κ1) is 9.60. The Morgan fingerprint density at radius 3 is 2.71 bits per heavy atom. The zero-order chi connectivity index (χ0) is 10.7. The van der Waals surface area contributed by atoms with Crippen LogP contribution in [0.15, 0.2) is 12.1 Å². The molecule has 14 heavy (non-hydrogen) atoms. The third-order valence-electron chi connectivity index (χ3n) is 1.35. The Morgan fingerprint density at radius 1 is 1.64 bits per heavy atom. The highest BCUT2D eigenvalue weighted by molar-refractivity contribution is 5.86. The number of carboxylic acid groups (broad SMARTS) is 1. The van der Waals surface area contributed by atoms with Gasteiger partial charge in [0, 0.05) is 6.07 Å². The van der Waals surface area contributed by atoms with Gasteiger partial charge in [0.25, 0.3) is 5.69 Å². The maximum atomic E-state index is 10.4. The fourth-order valence-electron chi connectivity index (χ4n) is 0.788. The lowest BCUT2D eigenvalue weighted by atomic mass is 10.2. The van der Waals surface area contributed by atoms with Crippen molar-refractivity contribution in [3.63, 3.8) is 0 Å². The zero-order valence-corrected chi connectivity index (χ0v) is 6.67. The largest absolute Gasteiger partial charge is 0.477 e. The number of aromatic nitrogens is 1. The molecule has 0 bridgehead atoms. The predicted molar refractivity (Wildman–Crippen MR) is 42.6 cm³/mol. The van der Waals surface area contributed by atoms with E-state index in [1.807, 2.05) is 0 Å². The van der Waals surface area contributed by atoms with Gasteiger partial charge in [0.15, 0.2) is 5.69 Å². The van der Waals surface area contributed by atoms with E-state index in [9.17, 15) is 14.9 Å². The standard InChI is InChI=1S/C7H3N3O4/c8-3-4-1-5(10(13)14)2-6(9-4)7(11)12/h1-2H,(H,11,12). The Balaban J connectivity index is 3.36. The van der Waals surface area contributed by atoms with Crippen LogP contribution in [0.25, 0.3) is 0 Å². The molecule has 0 fully saturated rings. The van der Waals surface area contributed by atoms with Gasteiger partial charge in [-0.25, -0.2) is 9.78 Å². The molecule has 0 saturated carbocycles. The van der Waals surface area contributed by atoms with Gasteiger partial charge in [-0.2, -0.15) is 5.26 Å². The van der Waals surface area contributed by atoms with Gasteiger partial charge < -0.3 is 5.11 Å². The highest BCUT2D eigenvalue weighted by Gasteiger charge is 2.14. The summed E-state index contributed by atoms with van der Waals surface area (Å²) in [6, 6.07) is 3.24. The summed E-state index contributed by atoms with van der Waals surface area (Å²) in [5, 5.41) is 27.3. The molecular formula is C7H3N3O4.